The van der Waals surface area contributed by atoms with Gasteiger partial charge in [0, 0.05) is 36.5 Å². The van der Waals surface area contributed by atoms with Gasteiger partial charge in [-0.3, -0.25) is 29.8 Å². The summed E-state index contributed by atoms with van der Waals surface area (Å²) in [5.41, 5.74) is -0.709. The average molecular weight is 386 g/mol. The highest BCUT2D eigenvalue weighted by atomic mass is 16.6. The zero-order valence-corrected chi connectivity index (χ0v) is 15.2. The molecule has 0 aliphatic carbocycles. The van der Waals surface area contributed by atoms with Crippen molar-refractivity contribution in [3.8, 4) is 0 Å². The van der Waals surface area contributed by atoms with Crippen LogP contribution in [0.5, 0.6) is 0 Å². The average Bonchev–Trinajstić information content (AvgIpc) is 2.68. The van der Waals surface area contributed by atoms with Crippen LogP contribution in [-0.4, -0.2) is 39.7 Å². The number of carbonyl (C=O) groups excluding carboxylic acids is 2. The molecule has 2 aromatic rings. The first-order valence-electron chi connectivity index (χ1n) is 8.41. The number of hydrogen-bond acceptors (Lipinski definition) is 6. The van der Waals surface area contributed by atoms with Gasteiger partial charge in [0.1, 0.15) is 0 Å². The van der Waals surface area contributed by atoms with E-state index in [1.165, 1.54) is 6.07 Å². The third-order valence-corrected chi connectivity index (χ3v) is 4.00. The van der Waals surface area contributed by atoms with Gasteiger partial charge in [-0.05, 0) is 32.0 Å². The maximum atomic E-state index is 12.4. The van der Waals surface area contributed by atoms with Crippen LogP contribution >= 0.6 is 0 Å². The summed E-state index contributed by atoms with van der Waals surface area (Å²) in [6, 6.07) is 8.89. The summed E-state index contributed by atoms with van der Waals surface area (Å²) in [5.74, 6) is -0.966. The highest BCUT2D eigenvalue weighted by Crippen LogP contribution is 2.23. The quantitative estimate of drug-likeness (QED) is 0.573. The summed E-state index contributed by atoms with van der Waals surface area (Å²) >= 11 is 0. The van der Waals surface area contributed by atoms with Crippen LogP contribution in [0.1, 0.15) is 34.6 Å². The van der Waals surface area contributed by atoms with Crippen LogP contribution < -0.4 is 5.32 Å². The van der Waals surface area contributed by atoms with E-state index >= 15 is 0 Å². The van der Waals surface area contributed by atoms with Crippen LogP contribution in [0.25, 0.3) is 0 Å². The van der Waals surface area contributed by atoms with Gasteiger partial charge in [-0.25, -0.2) is 0 Å². The van der Waals surface area contributed by atoms with Crippen molar-refractivity contribution in [1.29, 1.82) is 0 Å². The van der Waals surface area contributed by atoms with Crippen molar-refractivity contribution >= 4 is 28.9 Å². The molecule has 0 saturated heterocycles. The molecule has 0 saturated carbocycles. The molecular formula is C18H18N4O6. The van der Waals surface area contributed by atoms with Gasteiger partial charge in [-0.1, -0.05) is 6.07 Å². The molecule has 0 fully saturated rings. The Labute approximate surface area is 160 Å². The van der Waals surface area contributed by atoms with Gasteiger partial charge in [0.05, 0.1) is 21.5 Å². The first kappa shape index (κ1) is 20.5. The minimum absolute atomic E-state index is 0.202. The monoisotopic (exact) mass is 386 g/mol. The molecule has 2 aromatic carbocycles. The number of hydrogen-bond donors (Lipinski definition) is 1. The molecule has 10 heteroatoms. The Morgan fingerprint density at radius 1 is 0.929 bits per heavy atom. The van der Waals surface area contributed by atoms with Crippen molar-refractivity contribution in [3.05, 3.63) is 73.8 Å². The maximum absolute atomic E-state index is 12.4. The topological polar surface area (TPSA) is 136 Å². The Balaban J connectivity index is 2.30. The van der Waals surface area contributed by atoms with Gasteiger partial charge in [0.25, 0.3) is 23.2 Å². The third-order valence-electron chi connectivity index (χ3n) is 4.00. The van der Waals surface area contributed by atoms with Crippen molar-refractivity contribution in [2.75, 3.05) is 18.4 Å². The fraction of sp³-hybridized carbons (Fsp3) is 0.222. The molecule has 0 radical (unpaired) electrons. The van der Waals surface area contributed by atoms with Crippen molar-refractivity contribution < 1.29 is 19.4 Å². The van der Waals surface area contributed by atoms with E-state index in [-0.39, 0.29) is 17.2 Å². The van der Waals surface area contributed by atoms with E-state index < -0.39 is 27.1 Å². The Kier molecular flexibility index (Phi) is 6.38. The zero-order chi connectivity index (χ0) is 20.8. The predicted molar refractivity (Wildman–Crippen MR) is 101 cm³/mol. The van der Waals surface area contributed by atoms with Gasteiger partial charge >= 0.3 is 0 Å². The fourth-order valence-electron chi connectivity index (χ4n) is 2.56. The summed E-state index contributed by atoms with van der Waals surface area (Å²) in [6.45, 7) is 4.76. The second-order valence-corrected chi connectivity index (χ2v) is 5.76. The van der Waals surface area contributed by atoms with Gasteiger partial charge < -0.3 is 10.2 Å². The molecule has 0 unspecified atom stereocenters. The first-order chi connectivity index (χ1) is 13.3. The van der Waals surface area contributed by atoms with E-state index in [4.69, 9.17) is 0 Å². The normalized spacial score (nSPS) is 10.2. The molecule has 2 rings (SSSR count). The standard InChI is InChI=1S/C18H18N4O6/c1-3-20(4-2)18(24)12-6-5-7-14(8-12)19-17(23)13-9-15(21(25)26)11-16(10-13)22(27)28/h5-11H,3-4H2,1-2H3,(H,19,23). The van der Waals surface area contributed by atoms with Crippen LogP contribution in [0.4, 0.5) is 17.1 Å². The van der Waals surface area contributed by atoms with Crippen molar-refractivity contribution in [3.63, 3.8) is 0 Å². The van der Waals surface area contributed by atoms with E-state index in [1.807, 2.05) is 13.8 Å². The maximum Gasteiger partial charge on any atom is 0.277 e. The first-order valence-corrected chi connectivity index (χ1v) is 8.41. The number of rotatable bonds is 7. The van der Waals surface area contributed by atoms with E-state index in [9.17, 15) is 29.8 Å². The number of anilines is 1. The number of nitrogens with one attached hydrogen (secondary N) is 1. The number of non-ortho nitro benzene ring substituents is 2. The number of nitrogens with zero attached hydrogens (tertiary/aromatic N) is 3. The van der Waals surface area contributed by atoms with Crippen LogP contribution in [0.15, 0.2) is 42.5 Å². The largest absolute Gasteiger partial charge is 0.339 e. The number of amides is 2. The summed E-state index contributed by atoms with van der Waals surface area (Å²) in [4.78, 5) is 46.8. The molecule has 146 valence electrons. The fourth-order valence-corrected chi connectivity index (χ4v) is 2.56. The summed E-state index contributed by atoms with van der Waals surface area (Å²) in [7, 11) is 0. The van der Waals surface area contributed by atoms with E-state index in [1.54, 1.807) is 23.1 Å². The molecular weight excluding hydrogens is 368 g/mol. The lowest BCUT2D eigenvalue weighted by molar-refractivity contribution is -0.394. The molecule has 0 aliphatic heterocycles. The Hall–Kier alpha value is -3.82. The molecule has 0 bridgehead atoms. The smallest absolute Gasteiger partial charge is 0.277 e. The zero-order valence-electron chi connectivity index (χ0n) is 15.2. The molecule has 0 aromatic heterocycles. The molecule has 0 atom stereocenters. The molecule has 2 amide bonds. The van der Waals surface area contributed by atoms with Crippen LogP contribution in [0.2, 0.25) is 0 Å². The highest BCUT2D eigenvalue weighted by molar-refractivity contribution is 6.06. The van der Waals surface area contributed by atoms with E-state index in [0.717, 1.165) is 18.2 Å². The lowest BCUT2D eigenvalue weighted by Crippen LogP contribution is -2.30. The molecule has 0 aliphatic rings. The van der Waals surface area contributed by atoms with E-state index in [2.05, 4.69) is 5.32 Å². The minimum Gasteiger partial charge on any atom is -0.339 e. The minimum atomic E-state index is -0.812. The number of nitro benzene ring substituents is 2. The van der Waals surface area contributed by atoms with Gasteiger partial charge in [0.2, 0.25) is 0 Å². The second-order valence-electron chi connectivity index (χ2n) is 5.76. The van der Waals surface area contributed by atoms with Gasteiger partial charge in [0.15, 0.2) is 0 Å². The molecule has 0 heterocycles. The molecule has 0 spiro atoms. The molecule has 1 N–H and O–H groups in total. The van der Waals surface area contributed by atoms with Gasteiger partial charge in [-0.15, -0.1) is 0 Å². The SMILES string of the molecule is CCN(CC)C(=O)c1cccc(NC(=O)c2cc([N+](=O)[O-])cc([N+](=O)[O-])c2)c1. The van der Waals surface area contributed by atoms with Crippen LogP contribution in [0, 0.1) is 20.2 Å². The molecule has 10 nitrogen and oxygen atoms in total. The summed E-state index contributed by atoms with van der Waals surface area (Å²) in [6.07, 6.45) is 0. The van der Waals surface area contributed by atoms with Crippen LogP contribution in [0.3, 0.4) is 0 Å². The third kappa shape index (κ3) is 4.67. The van der Waals surface area contributed by atoms with Crippen molar-refractivity contribution in [2.45, 2.75) is 13.8 Å². The number of benzene rings is 2. The lowest BCUT2D eigenvalue weighted by atomic mass is 10.1. The number of carbonyl (C=O) groups is 2. The Morgan fingerprint density at radius 3 is 2.00 bits per heavy atom. The predicted octanol–water partition coefficient (Wildman–Crippen LogP) is 3.24. The van der Waals surface area contributed by atoms with E-state index in [0.29, 0.717) is 18.7 Å². The summed E-state index contributed by atoms with van der Waals surface area (Å²) in [5, 5.41) is 24.4. The lowest BCUT2D eigenvalue weighted by Gasteiger charge is -2.19. The van der Waals surface area contributed by atoms with Gasteiger partial charge in [-0.2, -0.15) is 0 Å². The van der Waals surface area contributed by atoms with Crippen LogP contribution in [-0.2, 0) is 0 Å². The van der Waals surface area contributed by atoms with Crippen molar-refractivity contribution in [1.82, 2.24) is 4.90 Å². The highest BCUT2D eigenvalue weighted by Gasteiger charge is 2.20. The summed E-state index contributed by atoms with van der Waals surface area (Å²) < 4.78 is 0. The Bertz CT molecular complexity index is 907. The van der Waals surface area contributed by atoms with Crippen molar-refractivity contribution in [2.24, 2.45) is 0 Å². The molecule has 28 heavy (non-hydrogen) atoms. The Morgan fingerprint density at radius 2 is 1.50 bits per heavy atom. The second kappa shape index (κ2) is 8.71. The number of nitro groups is 2.